The molecule has 0 radical (unpaired) electrons. The van der Waals surface area contributed by atoms with Crippen LogP contribution in [0, 0.1) is 18.7 Å². The van der Waals surface area contributed by atoms with Gasteiger partial charge >= 0.3 is 0 Å². The van der Waals surface area contributed by atoms with Crippen LogP contribution < -0.4 is 0 Å². The molecule has 1 saturated heterocycles. The zero-order valence-electron chi connectivity index (χ0n) is 21.3. The van der Waals surface area contributed by atoms with Crippen LogP contribution in [0.4, 0.5) is 4.39 Å². The van der Waals surface area contributed by atoms with Gasteiger partial charge in [-0.25, -0.2) is 14.1 Å². The highest BCUT2D eigenvalue weighted by Gasteiger charge is 2.35. The Morgan fingerprint density at radius 3 is 2.54 bits per heavy atom. The third kappa shape index (κ3) is 3.91. The van der Waals surface area contributed by atoms with Gasteiger partial charge in [-0.1, -0.05) is 22.5 Å². The molecule has 192 valence electrons. The molecule has 0 saturated carbocycles. The van der Waals surface area contributed by atoms with Gasteiger partial charge in [0.05, 0.1) is 22.9 Å². The second kappa shape index (κ2) is 8.74. The summed E-state index contributed by atoms with van der Waals surface area (Å²) >= 11 is 0. The van der Waals surface area contributed by atoms with E-state index in [1.54, 1.807) is 24.7 Å². The standard InChI is InChI=1S/C27H29FN6O3/c1-15-22(33(4)32-30-15)18-13-20-21(29-14-18)25-24(26(31-37-25)27(2,3)35)34(20)23(17-9-11-36-12-10-17)16-5-7-19(28)8-6-16/h5-8,13-14,17,23,35H,9-12H2,1-4H3. The maximum Gasteiger partial charge on any atom is 0.211 e. The third-order valence-corrected chi connectivity index (χ3v) is 7.30. The number of aromatic nitrogens is 6. The predicted molar refractivity (Wildman–Crippen MR) is 135 cm³/mol. The van der Waals surface area contributed by atoms with E-state index in [4.69, 9.17) is 14.2 Å². The fourth-order valence-corrected chi connectivity index (χ4v) is 5.60. The summed E-state index contributed by atoms with van der Waals surface area (Å²) in [7, 11) is 1.85. The van der Waals surface area contributed by atoms with Crippen LogP contribution >= 0.6 is 0 Å². The van der Waals surface area contributed by atoms with Crippen LogP contribution in [0.5, 0.6) is 0 Å². The number of rotatable bonds is 5. The molecule has 6 rings (SSSR count). The summed E-state index contributed by atoms with van der Waals surface area (Å²) in [5.74, 6) is -0.0892. The minimum atomic E-state index is -1.26. The Kier molecular flexibility index (Phi) is 5.61. The van der Waals surface area contributed by atoms with Crippen LogP contribution in [0.3, 0.4) is 0 Å². The Morgan fingerprint density at radius 2 is 1.89 bits per heavy atom. The molecule has 0 bridgehead atoms. The molecule has 5 aromatic rings. The zero-order valence-corrected chi connectivity index (χ0v) is 21.3. The molecular weight excluding hydrogens is 475 g/mol. The first kappa shape index (κ1) is 23.7. The number of nitrogens with zero attached hydrogens (tertiary/aromatic N) is 6. The smallest absolute Gasteiger partial charge is 0.211 e. The second-order valence-electron chi connectivity index (χ2n) is 10.3. The van der Waals surface area contributed by atoms with Crippen LogP contribution in [-0.2, 0) is 17.4 Å². The molecule has 1 unspecified atom stereocenters. The number of hydrogen-bond acceptors (Lipinski definition) is 7. The third-order valence-electron chi connectivity index (χ3n) is 7.30. The molecule has 9 nitrogen and oxygen atoms in total. The van der Waals surface area contributed by atoms with Crippen LogP contribution in [0.1, 0.15) is 49.7 Å². The normalized spacial score (nSPS) is 16.2. The van der Waals surface area contributed by atoms with Gasteiger partial charge < -0.3 is 18.9 Å². The van der Waals surface area contributed by atoms with Gasteiger partial charge in [-0.15, -0.1) is 5.10 Å². The highest BCUT2D eigenvalue weighted by Crippen LogP contribution is 2.43. The Morgan fingerprint density at radius 1 is 1.16 bits per heavy atom. The molecule has 1 atom stereocenters. The summed E-state index contributed by atoms with van der Waals surface area (Å²) in [4.78, 5) is 4.81. The van der Waals surface area contributed by atoms with Crippen molar-refractivity contribution in [3.63, 3.8) is 0 Å². The molecule has 4 aromatic heterocycles. The van der Waals surface area contributed by atoms with Gasteiger partial charge in [0.15, 0.2) is 0 Å². The van der Waals surface area contributed by atoms with Crippen LogP contribution in [0.2, 0.25) is 0 Å². The summed E-state index contributed by atoms with van der Waals surface area (Å²) < 4.78 is 29.4. The summed E-state index contributed by atoms with van der Waals surface area (Å²) in [6.45, 7) is 6.59. The lowest BCUT2D eigenvalue weighted by Crippen LogP contribution is -2.28. The molecule has 1 aromatic carbocycles. The summed E-state index contributed by atoms with van der Waals surface area (Å²) in [5, 5.41) is 23.7. The lowest BCUT2D eigenvalue weighted by molar-refractivity contribution is 0.0547. The van der Waals surface area contributed by atoms with Gasteiger partial charge in [0.25, 0.3) is 0 Å². The van der Waals surface area contributed by atoms with Crippen molar-refractivity contribution in [2.45, 2.75) is 45.3 Å². The van der Waals surface area contributed by atoms with Gasteiger partial charge in [-0.2, -0.15) is 0 Å². The van der Waals surface area contributed by atoms with E-state index in [-0.39, 0.29) is 17.8 Å². The van der Waals surface area contributed by atoms with Crippen LogP contribution in [0.15, 0.2) is 41.1 Å². The van der Waals surface area contributed by atoms with Crippen LogP contribution in [-0.4, -0.2) is 48.0 Å². The van der Waals surface area contributed by atoms with E-state index >= 15 is 0 Å². The highest BCUT2D eigenvalue weighted by atomic mass is 19.1. The molecule has 10 heteroatoms. The number of fused-ring (bicyclic) bond motifs is 3. The Labute approximate surface area is 212 Å². The minimum Gasteiger partial charge on any atom is -0.384 e. The van der Waals surface area contributed by atoms with E-state index in [1.807, 2.05) is 26.1 Å². The first-order chi connectivity index (χ1) is 17.7. The SMILES string of the molecule is Cc1nnn(C)c1-c1cnc2c3onc(C(C)(C)O)c3n(C(c3ccc(F)cc3)C3CCOCC3)c2c1. The second-order valence-corrected chi connectivity index (χ2v) is 10.3. The lowest BCUT2D eigenvalue weighted by Gasteiger charge is -2.33. The largest absolute Gasteiger partial charge is 0.384 e. The van der Waals surface area contributed by atoms with E-state index in [9.17, 15) is 9.50 Å². The van der Waals surface area contributed by atoms with Gasteiger partial charge in [0.2, 0.25) is 5.58 Å². The molecule has 1 fully saturated rings. The summed E-state index contributed by atoms with van der Waals surface area (Å²) in [6, 6.07) is 8.52. The molecule has 0 spiro atoms. The van der Waals surface area contributed by atoms with Gasteiger partial charge in [0, 0.05) is 32.0 Å². The van der Waals surface area contributed by atoms with Crippen LogP contribution in [0.25, 0.3) is 33.4 Å². The van der Waals surface area contributed by atoms with E-state index in [0.717, 1.165) is 40.9 Å². The number of hydrogen-bond donors (Lipinski definition) is 1. The maximum absolute atomic E-state index is 14.0. The molecule has 5 heterocycles. The molecule has 37 heavy (non-hydrogen) atoms. The van der Waals surface area contributed by atoms with Crippen molar-refractivity contribution >= 4 is 22.1 Å². The Bertz CT molecular complexity index is 1570. The topological polar surface area (TPSA) is 104 Å². The van der Waals surface area contributed by atoms with E-state index in [0.29, 0.717) is 35.5 Å². The number of pyridine rings is 1. The van der Waals surface area contributed by atoms with Crippen molar-refractivity contribution in [2.24, 2.45) is 13.0 Å². The van der Waals surface area contributed by atoms with Crippen molar-refractivity contribution in [3.05, 3.63) is 59.3 Å². The number of aliphatic hydroxyl groups is 1. The number of benzene rings is 1. The maximum atomic E-state index is 14.0. The van der Waals surface area contributed by atoms with Crippen molar-refractivity contribution in [2.75, 3.05) is 13.2 Å². The number of halogens is 1. The van der Waals surface area contributed by atoms with Gasteiger partial charge in [0.1, 0.15) is 28.1 Å². The Balaban J connectivity index is 1.70. The number of ether oxygens (including phenoxy) is 1. The minimum absolute atomic E-state index is 0.187. The van der Waals surface area contributed by atoms with E-state index in [2.05, 4.69) is 26.1 Å². The average molecular weight is 505 g/mol. The van der Waals surface area contributed by atoms with E-state index < -0.39 is 5.60 Å². The monoisotopic (exact) mass is 504 g/mol. The van der Waals surface area contributed by atoms with Gasteiger partial charge in [-0.05, 0) is 63.3 Å². The molecule has 1 N–H and O–H groups in total. The first-order valence-electron chi connectivity index (χ1n) is 12.5. The fourth-order valence-electron chi connectivity index (χ4n) is 5.60. The average Bonchev–Trinajstić information content (AvgIpc) is 3.54. The molecule has 1 aliphatic rings. The van der Waals surface area contributed by atoms with Crippen molar-refractivity contribution < 1.29 is 18.8 Å². The quantitative estimate of drug-likeness (QED) is 0.371. The fraction of sp³-hybridized carbons (Fsp3) is 0.407. The van der Waals surface area contributed by atoms with Crippen molar-refractivity contribution in [1.29, 1.82) is 0 Å². The molecule has 1 aliphatic heterocycles. The summed E-state index contributed by atoms with van der Waals surface area (Å²) in [6.07, 6.45) is 3.46. The first-order valence-corrected chi connectivity index (χ1v) is 12.5. The molecular formula is C27H29FN6O3. The predicted octanol–water partition coefficient (Wildman–Crippen LogP) is 4.66. The van der Waals surface area contributed by atoms with Gasteiger partial charge in [-0.3, -0.25) is 0 Å². The van der Waals surface area contributed by atoms with Crippen molar-refractivity contribution in [3.8, 4) is 11.3 Å². The number of aryl methyl sites for hydroxylation is 2. The van der Waals surface area contributed by atoms with E-state index in [1.165, 1.54) is 12.1 Å². The lowest BCUT2D eigenvalue weighted by atomic mass is 9.86. The zero-order chi connectivity index (χ0) is 25.9. The highest BCUT2D eigenvalue weighted by molar-refractivity contribution is 6.04. The molecule has 0 aliphatic carbocycles. The Hall–Kier alpha value is -3.63. The molecule has 0 amide bonds. The summed E-state index contributed by atoms with van der Waals surface area (Å²) in [5.41, 5.74) is 5.33. The van der Waals surface area contributed by atoms with Crippen molar-refractivity contribution in [1.82, 2.24) is 29.7 Å².